The average molecular weight is 319 g/mol. The maximum Gasteiger partial charge on any atom is 0.337 e. The highest BCUT2D eigenvalue weighted by Crippen LogP contribution is 2.33. The molecule has 6 nitrogen and oxygen atoms in total. The second-order valence-electron chi connectivity index (χ2n) is 4.49. The molecule has 7 heteroatoms. The van der Waals surface area contributed by atoms with E-state index in [0.717, 1.165) is 6.07 Å². The van der Waals surface area contributed by atoms with Crippen LogP contribution in [0.5, 0.6) is 11.5 Å². The SMILES string of the molecule is COc1cc(NC(=O)c2ccccc2F)c(C(=O)O)cc1OC. The minimum Gasteiger partial charge on any atom is -0.493 e. The third-order valence-electron chi connectivity index (χ3n) is 3.12. The first-order valence-corrected chi connectivity index (χ1v) is 6.53. The molecule has 2 aromatic rings. The van der Waals surface area contributed by atoms with Gasteiger partial charge in [-0.2, -0.15) is 0 Å². The van der Waals surface area contributed by atoms with E-state index in [1.807, 2.05) is 0 Å². The molecule has 0 saturated heterocycles. The molecule has 1 amide bonds. The van der Waals surface area contributed by atoms with E-state index in [-0.39, 0.29) is 28.3 Å². The van der Waals surface area contributed by atoms with Crippen LogP contribution in [0.25, 0.3) is 0 Å². The molecule has 2 N–H and O–H groups in total. The summed E-state index contributed by atoms with van der Waals surface area (Å²) < 4.78 is 23.8. The molecule has 0 atom stereocenters. The van der Waals surface area contributed by atoms with Gasteiger partial charge in [0.05, 0.1) is 31.0 Å². The Kier molecular flexibility index (Phi) is 4.80. The number of hydrogen-bond acceptors (Lipinski definition) is 4. The van der Waals surface area contributed by atoms with Crippen molar-refractivity contribution in [2.24, 2.45) is 0 Å². The summed E-state index contributed by atoms with van der Waals surface area (Å²) in [5, 5.41) is 11.6. The highest BCUT2D eigenvalue weighted by molar-refractivity contribution is 6.08. The van der Waals surface area contributed by atoms with Crippen LogP contribution in [0.1, 0.15) is 20.7 Å². The first-order valence-electron chi connectivity index (χ1n) is 6.53. The number of methoxy groups -OCH3 is 2. The van der Waals surface area contributed by atoms with E-state index in [4.69, 9.17) is 9.47 Å². The van der Waals surface area contributed by atoms with Gasteiger partial charge in [0.25, 0.3) is 5.91 Å². The fourth-order valence-electron chi connectivity index (χ4n) is 1.99. The standard InChI is InChI=1S/C16H14FNO5/c1-22-13-7-10(16(20)21)12(8-14(13)23-2)18-15(19)9-5-3-4-6-11(9)17/h3-8H,1-2H3,(H,18,19)(H,20,21). The summed E-state index contributed by atoms with van der Waals surface area (Å²) in [6, 6.07) is 7.92. The molecule has 0 fully saturated rings. The van der Waals surface area contributed by atoms with E-state index < -0.39 is 17.7 Å². The number of halogens is 1. The number of amides is 1. The maximum absolute atomic E-state index is 13.6. The number of carbonyl (C=O) groups is 2. The number of hydrogen-bond donors (Lipinski definition) is 2. The van der Waals surface area contributed by atoms with E-state index in [1.165, 1.54) is 44.6 Å². The number of rotatable bonds is 5. The zero-order valence-electron chi connectivity index (χ0n) is 12.4. The minimum absolute atomic E-state index is 0.0246. The Morgan fingerprint density at radius 2 is 1.65 bits per heavy atom. The van der Waals surface area contributed by atoms with Gasteiger partial charge in [0.15, 0.2) is 11.5 Å². The van der Waals surface area contributed by atoms with Crippen molar-refractivity contribution >= 4 is 17.6 Å². The lowest BCUT2D eigenvalue weighted by Gasteiger charge is -2.14. The average Bonchev–Trinajstić information content (AvgIpc) is 2.54. The van der Waals surface area contributed by atoms with Gasteiger partial charge in [0.1, 0.15) is 5.82 Å². The molecule has 0 spiro atoms. The summed E-state index contributed by atoms with van der Waals surface area (Å²) in [7, 11) is 2.74. The summed E-state index contributed by atoms with van der Waals surface area (Å²) in [6.45, 7) is 0. The fraction of sp³-hybridized carbons (Fsp3) is 0.125. The van der Waals surface area contributed by atoms with Crippen LogP contribution in [0.2, 0.25) is 0 Å². The Balaban J connectivity index is 2.44. The zero-order valence-corrected chi connectivity index (χ0v) is 12.4. The first-order chi connectivity index (χ1) is 11.0. The highest BCUT2D eigenvalue weighted by atomic mass is 19.1. The summed E-state index contributed by atoms with van der Waals surface area (Å²) in [4.78, 5) is 23.5. The largest absolute Gasteiger partial charge is 0.493 e. The number of aromatic carboxylic acids is 1. The normalized spacial score (nSPS) is 10.0. The second kappa shape index (κ2) is 6.78. The molecular formula is C16H14FNO5. The zero-order chi connectivity index (χ0) is 17.0. The topological polar surface area (TPSA) is 84.9 Å². The van der Waals surface area contributed by atoms with Crippen LogP contribution in [0.3, 0.4) is 0 Å². The molecule has 0 saturated carbocycles. The molecule has 0 aromatic heterocycles. The molecule has 0 radical (unpaired) electrons. The lowest BCUT2D eigenvalue weighted by molar-refractivity contribution is 0.0697. The third kappa shape index (κ3) is 3.39. The first kappa shape index (κ1) is 16.3. The fourth-order valence-corrected chi connectivity index (χ4v) is 1.99. The summed E-state index contributed by atoms with van der Waals surface area (Å²) in [6.07, 6.45) is 0. The molecular weight excluding hydrogens is 305 g/mol. The van der Waals surface area contributed by atoms with Gasteiger partial charge in [0.2, 0.25) is 0 Å². The number of anilines is 1. The second-order valence-corrected chi connectivity index (χ2v) is 4.49. The quantitative estimate of drug-likeness (QED) is 0.885. The molecule has 120 valence electrons. The summed E-state index contributed by atoms with van der Waals surface area (Å²) >= 11 is 0. The van der Waals surface area contributed by atoms with Gasteiger partial charge >= 0.3 is 5.97 Å². The van der Waals surface area contributed by atoms with E-state index in [2.05, 4.69) is 5.32 Å². The number of carboxylic acid groups (broad SMARTS) is 1. The van der Waals surface area contributed by atoms with Crippen molar-refractivity contribution < 1.29 is 28.6 Å². The lowest BCUT2D eigenvalue weighted by Crippen LogP contribution is -2.16. The Morgan fingerprint density at radius 3 is 2.22 bits per heavy atom. The van der Waals surface area contributed by atoms with Crippen molar-refractivity contribution in [2.75, 3.05) is 19.5 Å². The lowest BCUT2D eigenvalue weighted by atomic mass is 10.1. The van der Waals surface area contributed by atoms with Crippen LogP contribution in [0, 0.1) is 5.82 Å². The molecule has 0 bridgehead atoms. The van der Waals surface area contributed by atoms with E-state index >= 15 is 0 Å². The van der Waals surface area contributed by atoms with Crippen LogP contribution in [-0.4, -0.2) is 31.2 Å². The van der Waals surface area contributed by atoms with Crippen molar-refractivity contribution in [3.05, 3.63) is 53.3 Å². The third-order valence-corrected chi connectivity index (χ3v) is 3.12. The Morgan fingerprint density at radius 1 is 1.04 bits per heavy atom. The van der Waals surface area contributed by atoms with Crippen LogP contribution in [-0.2, 0) is 0 Å². The van der Waals surface area contributed by atoms with Crippen LogP contribution >= 0.6 is 0 Å². The van der Waals surface area contributed by atoms with Gasteiger partial charge in [-0.1, -0.05) is 12.1 Å². The molecule has 0 aliphatic rings. The Bertz CT molecular complexity index is 760. The van der Waals surface area contributed by atoms with Crippen molar-refractivity contribution in [1.82, 2.24) is 0 Å². The summed E-state index contributed by atoms with van der Waals surface area (Å²) in [5.41, 5.74) is -0.422. The molecule has 0 aliphatic heterocycles. The predicted molar refractivity (Wildman–Crippen MR) is 80.9 cm³/mol. The van der Waals surface area contributed by atoms with Gasteiger partial charge < -0.3 is 19.9 Å². The monoisotopic (exact) mass is 319 g/mol. The molecule has 2 rings (SSSR count). The predicted octanol–water partition coefficient (Wildman–Crippen LogP) is 2.79. The van der Waals surface area contributed by atoms with Crippen LogP contribution in [0.15, 0.2) is 36.4 Å². The highest BCUT2D eigenvalue weighted by Gasteiger charge is 2.19. The number of carbonyl (C=O) groups excluding carboxylic acids is 1. The molecule has 2 aromatic carbocycles. The van der Waals surface area contributed by atoms with E-state index in [1.54, 1.807) is 0 Å². The number of ether oxygens (including phenoxy) is 2. The molecule has 0 heterocycles. The number of benzene rings is 2. The Labute approximate surface area is 131 Å². The number of nitrogens with one attached hydrogen (secondary N) is 1. The van der Waals surface area contributed by atoms with Crippen molar-refractivity contribution in [2.45, 2.75) is 0 Å². The van der Waals surface area contributed by atoms with Crippen molar-refractivity contribution in [1.29, 1.82) is 0 Å². The Hall–Kier alpha value is -3.09. The number of carboxylic acids is 1. The molecule has 23 heavy (non-hydrogen) atoms. The van der Waals surface area contributed by atoms with E-state index in [9.17, 15) is 19.1 Å². The smallest absolute Gasteiger partial charge is 0.337 e. The maximum atomic E-state index is 13.6. The van der Waals surface area contributed by atoms with Gasteiger partial charge in [-0.3, -0.25) is 4.79 Å². The van der Waals surface area contributed by atoms with Gasteiger partial charge in [0, 0.05) is 12.1 Å². The molecule has 0 unspecified atom stereocenters. The van der Waals surface area contributed by atoms with Gasteiger partial charge in [-0.05, 0) is 12.1 Å². The van der Waals surface area contributed by atoms with E-state index in [0.29, 0.717) is 0 Å². The minimum atomic E-state index is -1.27. The van der Waals surface area contributed by atoms with Crippen molar-refractivity contribution in [3.8, 4) is 11.5 Å². The van der Waals surface area contributed by atoms with Gasteiger partial charge in [-0.25, -0.2) is 9.18 Å². The van der Waals surface area contributed by atoms with Crippen LogP contribution < -0.4 is 14.8 Å². The van der Waals surface area contributed by atoms with Crippen molar-refractivity contribution in [3.63, 3.8) is 0 Å². The summed E-state index contributed by atoms with van der Waals surface area (Å²) in [5.74, 6) is -2.30. The molecule has 0 aliphatic carbocycles. The van der Waals surface area contributed by atoms with Crippen LogP contribution in [0.4, 0.5) is 10.1 Å². The van der Waals surface area contributed by atoms with Gasteiger partial charge in [-0.15, -0.1) is 0 Å².